The smallest absolute Gasteiger partial charge is 0.266 e. The van der Waals surface area contributed by atoms with E-state index in [1.807, 2.05) is 42.5 Å². The fraction of sp³-hybridized carbons (Fsp3) is 0.250. The number of nitrogens with zero attached hydrogens (tertiary/aromatic N) is 1. The summed E-state index contributed by atoms with van der Waals surface area (Å²) in [4.78, 5) is 15.5. The van der Waals surface area contributed by atoms with Gasteiger partial charge in [-0.25, -0.2) is 8.42 Å². The van der Waals surface area contributed by atoms with Crippen molar-refractivity contribution in [3.63, 3.8) is 0 Å². The van der Waals surface area contributed by atoms with Crippen LogP contribution < -0.4 is 0 Å². The average molecular weight is 454 g/mol. The first kappa shape index (κ1) is 19.7. The third-order valence-corrected chi connectivity index (χ3v) is 8.60. The number of rotatable bonds is 4. The first-order valence-electron chi connectivity index (χ1n) is 8.77. The van der Waals surface area contributed by atoms with Gasteiger partial charge in [-0.15, -0.1) is 11.3 Å². The van der Waals surface area contributed by atoms with E-state index in [0.29, 0.717) is 33.3 Å². The monoisotopic (exact) mass is 453 g/mol. The molecule has 3 aromatic rings. The quantitative estimate of drug-likeness (QED) is 0.555. The molecule has 1 aliphatic rings. The van der Waals surface area contributed by atoms with Gasteiger partial charge in [-0.1, -0.05) is 59.6 Å². The van der Waals surface area contributed by atoms with Crippen LogP contribution in [0.3, 0.4) is 0 Å². The maximum Gasteiger partial charge on any atom is 0.266 e. The van der Waals surface area contributed by atoms with Crippen molar-refractivity contribution in [3.8, 4) is 0 Å². The van der Waals surface area contributed by atoms with E-state index in [-0.39, 0.29) is 23.5 Å². The number of fused-ring (bicyclic) bond motifs is 1. The number of amides is 1. The molecule has 1 aliphatic heterocycles. The highest BCUT2D eigenvalue weighted by Crippen LogP contribution is 2.40. The predicted octanol–water partition coefficient (Wildman–Crippen LogP) is 5.04. The van der Waals surface area contributed by atoms with Crippen molar-refractivity contribution in [3.05, 3.63) is 69.0 Å². The highest BCUT2D eigenvalue weighted by Gasteiger charge is 2.36. The number of hydrogen-bond donors (Lipinski definition) is 0. The van der Waals surface area contributed by atoms with E-state index in [4.69, 9.17) is 23.2 Å². The first-order chi connectivity index (χ1) is 13.4. The van der Waals surface area contributed by atoms with E-state index in [2.05, 4.69) is 0 Å². The van der Waals surface area contributed by atoms with Gasteiger partial charge in [0.15, 0.2) is 9.84 Å². The molecular weight excluding hydrogens is 437 g/mol. The third-order valence-electron chi connectivity index (χ3n) is 4.91. The van der Waals surface area contributed by atoms with E-state index < -0.39 is 9.84 Å². The SMILES string of the molecule is O=C(c1sc2cccc(Cl)c2c1Cl)N(Cc1ccccc1)C1CCS(=O)(=O)C1. The van der Waals surface area contributed by atoms with Crippen molar-refractivity contribution in [2.24, 2.45) is 0 Å². The maximum atomic E-state index is 13.5. The molecule has 1 aromatic heterocycles. The molecule has 146 valence electrons. The molecule has 4 nitrogen and oxygen atoms in total. The van der Waals surface area contributed by atoms with Gasteiger partial charge < -0.3 is 4.90 Å². The van der Waals surface area contributed by atoms with Crippen LogP contribution in [0.1, 0.15) is 21.7 Å². The molecule has 1 saturated heterocycles. The Labute approximate surface area is 177 Å². The van der Waals surface area contributed by atoms with E-state index in [0.717, 1.165) is 10.3 Å². The molecule has 1 fully saturated rings. The Morgan fingerprint density at radius 3 is 2.50 bits per heavy atom. The summed E-state index contributed by atoms with van der Waals surface area (Å²) in [6, 6.07) is 14.6. The molecule has 0 radical (unpaired) electrons. The second-order valence-corrected chi connectivity index (χ2v) is 10.9. The number of benzene rings is 2. The van der Waals surface area contributed by atoms with Gasteiger partial charge in [0.2, 0.25) is 0 Å². The number of hydrogen-bond acceptors (Lipinski definition) is 4. The van der Waals surface area contributed by atoms with Gasteiger partial charge in [-0.2, -0.15) is 0 Å². The number of halogens is 2. The number of sulfone groups is 1. The van der Waals surface area contributed by atoms with Crippen LogP contribution in [-0.4, -0.2) is 36.8 Å². The zero-order valence-corrected chi connectivity index (χ0v) is 17.9. The summed E-state index contributed by atoms with van der Waals surface area (Å²) in [5, 5.41) is 1.49. The fourth-order valence-corrected chi connectivity index (χ4v) is 7.14. The van der Waals surface area contributed by atoms with Crippen LogP contribution in [0.4, 0.5) is 0 Å². The van der Waals surface area contributed by atoms with Crippen molar-refractivity contribution in [2.75, 3.05) is 11.5 Å². The van der Waals surface area contributed by atoms with Crippen LogP contribution in [0.25, 0.3) is 10.1 Å². The lowest BCUT2D eigenvalue weighted by Crippen LogP contribution is -2.40. The summed E-state index contributed by atoms with van der Waals surface area (Å²) in [6.45, 7) is 0.332. The standard InChI is InChI=1S/C20H17Cl2NO3S2/c21-15-7-4-8-16-17(15)18(22)19(27-16)20(24)23(11-13-5-2-1-3-6-13)14-9-10-28(25,26)12-14/h1-8,14H,9-12H2. The van der Waals surface area contributed by atoms with Crippen LogP contribution in [0.5, 0.6) is 0 Å². The Hall–Kier alpha value is -1.60. The molecule has 28 heavy (non-hydrogen) atoms. The number of carbonyl (C=O) groups is 1. The molecule has 0 N–H and O–H groups in total. The summed E-state index contributed by atoms with van der Waals surface area (Å²) >= 11 is 14.1. The Morgan fingerprint density at radius 2 is 1.86 bits per heavy atom. The molecule has 1 atom stereocenters. The molecule has 4 rings (SSSR count). The Kier molecular flexibility index (Phi) is 5.40. The Morgan fingerprint density at radius 1 is 1.11 bits per heavy atom. The highest BCUT2D eigenvalue weighted by atomic mass is 35.5. The van der Waals surface area contributed by atoms with Gasteiger partial charge >= 0.3 is 0 Å². The lowest BCUT2D eigenvalue weighted by molar-refractivity contribution is 0.0686. The van der Waals surface area contributed by atoms with E-state index in [9.17, 15) is 13.2 Å². The molecule has 0 bridgehead atoms. The van der Waals surface area contributed by atoms with Gasteiger partial charge in [-0.05, 0) is 24.1 Å². The summed E-state index contributed by atoms with van der Waals surface area (Å²) in [6.07, 6.45) is 0.435. The number of thiophene rings is 1. The van der Waals surface area contributed by atoms with Crippen molar-refractivity contribution in [2.45, 2.75) is 19.0 Å². The highest BCUT2D eigenvalue weighted by molar-refractivity contribution is 7.91. The van der Waals surface area contributed by atoms with Crippen molar-refractivity contribution in [1.82, 2.24) is 4.90 Å². The van der Waals surface area contributed by atoms with Crippen molar-refractivity contribution >= 4 is 60.4 Å². The minimum absolute atomic E-state index is 0.0190. The molecule has 1 unspecified atom stereocenters. The minimum atomic E-state index is -3.13. The van der Waals surface area contributed by atoms with Crippen molar-refractivity contribution in [1.29, 1.82) is 0 Å². The van der Waals surface area contributed by atoms with E-state index in [1.165, 1.54) is 11.3 Å². The lowest BCUT2D eigenvalue weighted by Gasteiger charge is -2.28. The molecule has 0 spiro atoms. The molecular formula is C20H17Cl2NO3S2. The zero-order chi connectivity index (χ0) is 19.9. The minimum Gasteiger partial charge on any atom is -0.330 e. The average Bonchev–Trinajstić information content (AvgIpc) is 3.20. The van der Waals surface area contributed by atoms with Gasteiger partial charge in [0.1, 0.15) is 4.88 Å². The van der Waals surface area contributed by atoms with Gasteiger partial charge in [-0.3, -0.25) is 4.79 Å². The van der Waals surface area contributed by atoms with Crippen LogP contribution in [0.2, 0.25) is 10.0 Å². The largest absolute Gasteiger partial charge is 0.330 e. The van der Waals surface area contributed by atoms with Gasteiger partial charge in [0.25, 0.3) is 5.91 Å². The molecule has 2 heterocycles. The van der Waals surface area contributed by atoms with Crippen LogP contribution in [0.15, 0.2) is 48.5 Å². The van der Waals surface area contributed by atoms with Gasteiger partial charge in [0.05, 0.1) is 21.6 Å². The van der Waals surface area contributed by atoms with Crippen LogP contribution in [0, 0.1) is 0 Å². The van der Waals surface area contributed by atoms with E-state index >= 15 is 0 Å². The molecule has 2 aromatic carbocycles. The maximum absolute atomic E-state index is 13.5. The first-order valence-corrected chi connectivity index (χ1v) is 12.2. The van der Waals surface area contributed by atoms with Gasteiger partial charge in [0, 0.05) is 22.7 Å². The summed E-state index contributed by atoms with van der Waals surface area (Å²) < 4.78 is 24.9. The normalized spacial score (nSPS) is 18.4. The molecule has 0 saturated carbocycles. The second-order valence-electron chi connectivity index (χ2n) is 6.83. The van der Waals surface area contributed by atoms with Crippen LogP contribution >= 0.6 is 34.5 Å². The summed E-state index contributed by atoms with van der Waals surface area (Å²) in [7, 11) is -3.13. The summed E-state index contributed by atoms with van der Waals surface area (Å²) in [5.41, 5.74) is 0.940. The fourth-order valence-electron chi connectivity index (χ4n) is 3.51. The predicted molar refractivity (Wildman–Crippen MR) is 115 cm³/mol. The van der Waals surface area contributed by atoms with Crippen LogP contribution in [-0.2, 0) is 16.4 Å². The zero-order valence-electron chi connectivity index (χ0n) is 14.8. The molecule has 0 aliphatic carbocycles. The lowest BCUT2D eigenvalue weighted by atomic mass is 10.1. The van der Waals surface area contributed by atoms with E-state index in [1.54, 1.807) is 11.0 Å². The molecule has 8 heteroatoms. The Balaban J connectivity index is 1.75. The summed E-state index contributed by atoms with van der Waals surface area (Å²) in [5.74, 6) is -0.176. The third kappa shape index (κ3) is 3.79. The number of carbonyl (C=O) groups excluding carboxylic acids is 1. The topological polar surface area (TPSA) is 54.5 Å². The second kappa shape index (κ2) is 7.67. The van der Waals surface area contributed by atoms with Crippen molar-refractivity contribution < 1.29 is 13.2 Å². The molecule has 1 amide bonds. The Bertz CT molecular complexity index is 1140.